The first-order valence-corrected chi connectivity index (χ1v) is 11.3. The van der Waals surface area contributed by atoms with Crippen molar-refractivity contribution in [3.05, 3.63) is 106 Å². The molecule has 7 heteroatoms. The van der Waals surface area contributed by atoms with Crippen LogP contribution in [0.3, 0.4) is 0 Å². The van der Waals surface area contributed by atoms with E-state index in [1.807, 2.05) is 30.5 Å². The van der Waals surface area contributed by atoms with Gasteiger partial charge in [-0.25, -0.2) is 4.79 Å². The topological polar surface area (TPSA) is 69.3 Å². The van der Waals surface area contributed by atoms with Crippen LogP contribution in [0.5, 0.6) is 0 Å². The quantitative estimate of drug-likeness (QED) is 0.402. The summed E-state index contributed by atoms with van der Waals surface area (Å²) in [5, 5.41) is 14.0. The van der Waals surface area contributed by atoms with Gasteiger partial charge >= 0.3 is 5.97 Å². The van der Waals surface area contributed by atoms with Gasteiger partial charge in [0.1, 0.15) is 12.2 Å². The number of benzene rings is 2. The van der Waals surface area contributed by atoms with E-state index >= 15 is 0 Å². The molecule has 1 aliphatic rings. The van der Waals surface area contributed by atoms with Gasteiger partial charge in [0.05, 0.1) is 11.4 Å². The lowest BCUT2D eigenvalue weighted by Crippen LogP contribution is -2.14. The van der Waals surface area contributed by atoms with Gasteiger partial charge in [-0.15, -0.1) is 0 Å². The van der Waals surface area contributed by atoms with E-state index in [0.29, 0.717) is 18.0 Å². The lowest BCUT2D eigenvalue weighted by atomic mass is 9.93. The molecule has 0 saturated carbocycles. The second-order valence-corrected chi connectivity index (χ2v) is 8.79. The zero-order chi connectivity index (χ0) is 23.1. The summed E-state index contributed by atoms with van der Waals surface area (Å²) in [7, 11) is 0. The van der Waals surface area contributed by atoms with Crippen LogP contribution in [-0.2, 0) is 11.3 Å². The molecule has 0 bridgehead atoms. The van der Waals surface area contributed by atoms with Gasteiger partial charge in [-0.3, -0.25) is 4.68 Å². The van der Waals surface area contributed by atoms with Crippen molar-refractivity contribution in [2.24, 2.45) is 0 Å². The van der Waals surface area contributed by atoms with Gasteiger partial charge in [0.15, 0.2) is 5.69 Å². The highest BCUT2D eigenvalue weighted by Crippen LogP contribution is 2.43. The Morgan fingerprint density at radius 1 is 1.09 bits per heavy atom. The largest absolute Gasteiger partial charge is 0.476 e. The summed E-state index contributed by atoms with van der Waals surface area (Å²) in [6.45, 7) is 4.75. The number of fused-ring (bicyclic) bond motifs is 3. The lowest BCUT2D eigenvalue weighted by Gasteiger charge is -2.25. The van der Waals surface area contributed by atoms with Gasteiger partial charge in [-0.1, -0.05) is 29.8 Å². The molecule has 0 amide bonds. The number of carboxylic acids is 1. The van der Waals surface area contributed by atoms with Crippen molar-refractivity contribution in [1.82, 2.24) is 14.3 Å². The highest BCUT2D eigenvalue weighted by Gasteiger charge is 2.31. The number of hydrogen-bond acceptors (Lipinski definition) is 3. The van der Waals surface area contributed by atoms with E-state index in [4.69, 9.17) is 16.3 Å². The Bertz CT molecular complexity index is 1340. The molecule has 1 N–H and O–H groups in total. The molecule has 0 aliphatic carbocycles. The predicted molar refractivity (Wildman–Crippen MR) is 126 cm³/mol. The third-order valence-corrected chi connectivity index (χ3v) is 6.59. The average Bonchev–Trinajstić information content (AvgIpc) is 3.44. The summed E-state index contributed by atoms with van der Waals surface area (Å²) in [5.74, 6) is -1.03. The number of nitrogens with zero attached hydrogens (tertiary/aromatic N) is 3. The van der Waals surface area contributed by atoms with Gasteiger partial charge in [-0.2, -0.15) is 5.10 Å². The highest BCUT2D eigenvalue weighted by molar-refractivity contribution is 6.30. The van der Waals surface area contributed by atoms with Crippen molar-refractivity contribution in [2.75, 3.05) is 0 Å². The molecule has 0 spiro atoms. The first-order chi connectivity index (χ1) is 15.9. The second kappa shape index (κ2) is 8.54. The Kier molecular flexibility index (Phi) is 5.56. The number of ether oxygens (including phenoxy) is 1. The van der Waals surface area contributed by atoms with Crippen LogP contribution in [0.15, 0.2) is 67.0 Å². The van der Waals surface area contributed by atoms with Crippen LogP contribution in [-0.4, -0.2) is 25.4 Å². The minimum atomic E-state index is -1.03. The molecular formula is C26H24ClN3O3. The van der Waals surface area contributed by atoms with Crippen molar-refractivity contribution in [1.29, 1.82) is 0 Å². The van der Waals surface area contributed by atoms with Crippen LogP contribution in [0.4, 0.5) is 0 Å². The van der Waals surface area contributed by atoms with E-state index in [1.54, 1.807) is 10.9 Å². The molecule has 33 heavy (non-hydrogen) atoms. The molecule has 4 aromatic rings. The van der Waals surface area contributed by atoms with E-state index in [9.17, 15) is 9.90 Å². The number of rotatable bonds is 5. The van der Waals surface area contributed by atoms with Crippen molar-refractivity contribution in [3.63, 3.8) is 0 Å². The van der Waals surface area contributed by atoms with Crippen molar-refractivity contribution < 1.29 is 14.6 Å². The minimum absolute atomic E-state index is 0.0375. The molecule has 0 fully saturated rings. The third kappa shape index (κ3) is 3.96. The van der Waals surface area contributed by atoms with Crippen LogP contribution in [0.25, 0.3) is 5.69 Å². The zero-order valence-corrected chi connectivity index (χ0v) is 19.2. The fourth-order valence-electron chi connectivity index (χ4n) is 4.50. The molecule has 3 heterocycles. The lowest BCUT2D eigenvalue weighted by molar-refractivity contribution is -0.000881. The fraction of sp³-hybridized carbons (Fsp3) is 0.231. The SMILES string of the molecule is Cc1cccc([C@@H]2O[C@@H](CCn3ccc(C(=O)O)n3)c3cccn3-c3ccc(Cl)cc32)c1C. The number of halogens is 1. The van der Waals surface area contributed by atoms with E-state index in [-0.39, 0.29) is 17.9 Å². The Labute approximate surface area is 197 Å². The monoisotopic (exact) mass is 461 g/mol. The van der Waals surface area contributed by atoms with Gasteiger partial charge in [0.2, 0.25) is 0 Å². The van der Waals surface area contributed by atoms with Gasteiger partial charge < -0.3 is 14.4 Å². The Morgan fingerprint density at radius 2 is 1.94 bits per heavy atom. The van der Waals surface area contributed by atoms with E-state index in [2.05, 4.69) is 47.8 Å². The first kappa shape index (κ1) is 21.5. The molecule has 2 aromatic carbocycles. The van der Waals surface area contributed by atoms with Gasteiger partial charge in [-0.05, 0) is 73.4 Å². The van der Waals surface area contributed by atoms with Gasteiger partial charge in [0, 0.05) is 29.5 Å². The number of carboxylic acid groups (broad SMARTS) is 1. The molecule has 6 nitrogen and oxygen atoms in total. The summed E-state index contributed by atoms with van der Waals surface area (Å²) < 4.78 is 10.7. The second-order valence-electron chi connectivity index (χ2n) is 8.36. The van der Waals surface area contributed by atoms with E-state index < -0.39 is 5.97 Å². The molecule has 5 rings (SSSR count). The molecule has 2 aromatic heterocycles. The normalized spacial score (nSPS) is 17.3. The summed E-state index contributed by atoms with van der Waals surface area (Å²) in [5.41, 5.74) is 6.65. The molecule has 168 valence electrons. The molecule has 0 saturated heterocycles. The average molecular weight is 462 g/mol. The zero-order valence-electron chi connectivity index (χ0n) is 18.4. The molecule has 0 radical (unpaired) electrons. The maximum atomic E-state index is 11.2. The maximum Gasteiger partial charge on any atom is 0.356 e. The summed E-state index contributed by atoms with van der Waals surface area (Å²) in [6.07, 6.45) is 3.84. The van der Waals surface area contributed by atoms with Crippen LogP contribution in [0, 0.1) is 13.8 Å². The van der Waals surface area contributed by atoms with Crippen molar-refractivity contribution in [2.45, 2.75) is 39.0 Å². The number of carbonyl (C=O) groups is 1. The predicted octanol–water partition coefficient (Wildman–Crippen LogP) is 5.89. The van der Waals surface area contributed by atoms with E-state index in [1.165, 1.54) is 17.2 Å². The van der Waals surface area contributed by atoms with Gasteiger partial charge in [0.25, 0.3) is 0 Å². The molecule has 0 unspecified atom stereocenters. The summed E-state index contributed by atoms with van der Waals surface area (Å²) in [6, 6.07) is 17.8. The Hall–Kier alpha value is -3.35. The number of aryl methyl sites for hydroxylation is 2. The Balaban J connectivity index is 1.57. The van der Waals surface area contributed by atoms with Crippen LogP contribution in [0.2, 0.25) is 5.02 Å². The smallest absolute Gasteiger partial charge is 0.356 e. The van der Waals surface area contributed by atoms with Crippen molar-refractivity contribution >= 4 is 17.6 Å². The first-order valence-electron chi connectivity index (χ1n) is 10.9. The van der Waals surface area contributed by atoms with Crippen LogP contribution in [0.1, 0.15) is 57.1 Å². The molecule has 1 aliphatic heterocycles. The molecule has 2 atom stereocenters. The van der Waals surface area contributed by atoms with E-state index in [0.717, 1.165) is 22.5 Å². The highest BCUT2D eigenvalue weighted by atomic mass is 35.5. The number of aromatic nitrogens is 3. The van der Waals surface area contributed by atoms with Crippen molar-refractivity contribution in [3.8, 4) is 5.69 Å². The number of hydrogen-bond donors (Lipinski definition) is 1. The van der Waals surface area contributed by atoms with Crippen LogP contribution >= 0.6 is 11.6 Å². The van der Waals surface area contributed by atoms with Crippen LogP contribution < -0.4 is 0 Å². The standard InChI is InChI=1S/C26H24ClN3O3/c1-16-5-3-6-19(17(16)2)25-20-15-18(27)8-9-22(20)30-12-4-7-23(30)24(33-25)11-14-29-13-10-21(28-29)26(31)32/h3-10,12-13,15,24-25H,11,14H2,1-2H3,(H,31,32)/t24-,25-/m0/s1. The maximum absolute atomic E-state index is 11.2. The third-order valence-electron chi connectivity index (χ3n) is 6.35. The fourth-order valence-corrected chi connectivity index (χ4v) is 4.68. The minimum Gasteiger partial charge on any atom is -0.476 e. The molecular weight excluding hydrogens is 438 g/mol. The number of aromatic carboxylic acids is 1. The Morgan fingerprint density at radius 3 is 2.73 bits per heavy atom. The summed E-state index contributed by atoms with van der Waals surface area (Å²) in [4.78, 5) is 11.2. The summed E-state index contributed by atoms with van der Waals surface area (Å²) >= 11 is 6.44.